The van der Waals surface area contributed by atoms with Crippen molar-refractivity contribution in [1.29, 1.82) is 0 Å². The van der Waals surface area contributed by atoms with Crippen LogP contribution in [0.4, 0.5) is 5.69 Å². The fraction of sp³-hybridized carbons (Fsp3) is 0.273. The van der Waals surface area contributed by atoms with Gasteiger partial charge in [0.05, 0.1) is 6.17 Å². The van der Waals surface area contributed by atoms with Crippen LogP contribution in [0.3, 0.4) is 0 Å². The van der Waals surface area contributed by atoms with Crippen LogP contribution in [0.5, 0.6) is 0 Å². The molecule has 13 heavy (non-hydrogen) atoms. The summed E-state index contributed by atoms with van der Waals surface area (Å²) in [4.78, 5) is 2.23. The molecule has 1 aromatic rings. The number of rotatable bonds is 1. The zero-order chi connectivity index (χ0) is 9.10. The summed E-state index contributed by atoms with van der Waals surface area (Å²) in [7, 11) is 0. The van der Waals surface area contributed by atoms with Crippen LogP contribution >= 0.6 is 0 Å². The molecule has 0 saturated carbocycles. The molecule has 0 aliphatic carbocycles. The average molecular weight is 174 g/mol. The fourth-order valence-corrected chi connectivity index (χ4v) is 1.54. The molecule has 2 heteroatoms. The van der Waals surface area contributed by atoms with Crippen LogP contribution < -0.4 is 10.2 Å². The zero-order valence-electron chi connectivity index (χ0n) is 7.77. The van der Waals surface area contributed by atoms with Gasteiger partial charge < -0.3 is 4.90 Å². The molecule has 0 amide bonds. The number of anilines is 1. The SMILES string of the molecule is CC1NCC=CN1c1ccccc1. The molecule has 1 atom stereocenters. The van der Waals surface area contributed by atoms with E-state index in [1.807, 2.05) is 6.07 Å². The Hall–Kier alpha value is -1.28. The van der Waals surface area contributed by atoms with E-state index in [2.05, 4.69) is 53.7 Å². The second-order valence-corrected chi connectivity index (χ2v) is 3.21. The van der Waals surface area contributed by atoms with Crippen molar-refractivity contribution in [3.8, 4) is 0 Å². The fourth-order valence-electron chi connectivity index (χ4n) is 1.54. The van der Waals surface area contributed by atoms with Crippen LogP contribution in [0.15, 0.2) is 42.6 Å². The smallest absolute Gasteiger partial charge is 0.0813 e. The topological polar surface area (TPSA) is 15.3 Å². The van der Waals surface area contributed by atoms with Gasteiger partial charge in [-0.3, -0.25) is 5.32 Å². The molecule has 1 aliphatic rings. The normalized spacial score (nSPS) is 21.9. The maximum atomic E-state index is 3.37. The maximum Gasteiger partial charge on any atom is 0.0813 e. The number of para-hydroxylation sites is 1. The standard InChI is InChI=1S/C11H14N2/c1-10-12-8-5-9-13(10)11-6-3-2-4-7-11/h2-7,9-10,12H,8H2,1H3. The Labute approximate surface area is 78.9 Å². The van der Waals surface area contributed by atoms with Crippen molar-refractivity contribution in [3.05, 3.63) is 42.6 Å². The van der Waals surface area contributed by atoms with E-state index in [0.717, 1.165) is 6.54 Å². The van der Waals surface area contributed by atoms with Gasteiger partial charge in [0.1, 0.15) is 0 Å². The molecule has 0 fully saturated rings. The Kier molecular flexibility index (Phi) is 2.32. The van der Waals surface area contributed by atoms with Crippen molar-refractivity contribution in [2.75, 3.05) is 11.4 Å². The highest BCUT2D eigenvalue weighted by molar-refractivity contribution is 5.50. The van der Waals surface area contributed by atoms with Gasteiger partial charge in [-0.1, -0.05) is 24.3 Å². The molecule has 1 aromatic carbocycles. The van der Waals surface area contributed by atoms with E-state index in [1.54, 1.807) is 0 Å². The minimum atomic E-state index is 0.382. The molecule has 68 valence electrons. The van der Waals surface area contributed by atoms with Crippen LogP contribution in [0.2, 0.25) is 0 Å². The minimum absolute atomic E-state index is 0.382. The summed E-state index contributed by atoms with van der Waals surface area (Å²) >= 11 is 0. The van der Waals surface area contributed by atoms with Gasteiger partial charge in [-0.25, -0.2) is 0 Å². The van der Waals surface area contributed by atoms with Gasteiger partial charge in [-0.15, -0.1) is 0 Å². The average Bonchev–Trinajstić information content (AvgIpc) is 2.20. The molecule has 0 bridgehead atoms. The number of hydrogen-bond acceptors (Lipinski definition) is 2. The van der Waals surface area contributed by atoms with Crippen LogP contribution in [-0.4, -0.2) is 12.7 Å². The summed E-state index contributed by atoms with van der Waals surface area (Å²) in [5, 5.41) is 3.37. The van der Waals surface area contributed by atoms with E-state index in [-0.39, 0.29) is 0 Å². The third-order valence-corrected chi connectivity index (χ3v) is 2.27. The molecular formula is C11H14N2. The lowest BCUT2D eigenvalue weighted by Crippen LogP contribution is -2.43. The van der Waals surface area contributed by atoms with Crippen LogP contribution in [-0.2, 0) is 0 Å². The van der Waals surface area contributed by atoms with Crippen LogP contribution in [0.25, 0.3) is 0 Å². The van der Waals surface area contributed by atoms with Gasteiger partial charge in [0.25, 0.3) is 0 Å². The van der Waals surface area contributed by atoms with Crippen LogP contribution in [0.1, 0.15) is 6.92 Å². The number of nitrogens with zero attached hydrogens (tertiary/aromatic N) is 1. The highest BCUT2D eigenvalue weighted by atomic mass is 15.3. The predicted molar refractivity (Wildman–Crippen MR) is 55.5 cm³/mol. The Morgan fingerprint density at radius 2 is 2.08 bits per heavy atom. The van der Waals surface area contributed by atoms with Gasteiger partial charge in [0.2, 0.25) is 0 Å². The van der Waals surface area contributed by atoms with E-state index in [0.29, 0.717) is 6.17 Å². The van der Waals surface area contributed by atoms with Gasteiger partial charge in [-0.2, -0.15) is 0 Å². The minimum Gasteiger partial charge on any atom is -0.333 e. The van der Waals surface area contributed by atoms with Crippen molar-refractivity contribution >= 4 is 5.69 Å². The Morgan fingerprint density at radius 3 is 2.77 bits per heavy atom. The number of benzene rings is 1. The zero-order valence-corrected chi connectivity index (χ0v) is 7.77. The van der Waals surface area contributed by atoms with Crippen molar-refractivity contribution in [3.63, 3.8) is 0 Å². The van der Waals surface area contributed by atoms with E-state index < -0.39 is 0 Å². The molecule has 1 aliphatic heterocycles. The quantitative estimate of drug-likeness (QED) is 0.700. The Morgan fingerprint density at radius 1 is 1.31 bits per heavy atom. The number of hydrogen-bond donors (Lipinski definition) is 1. The maximum absolute atomic E-state index is 3.37. The Balaban J connectivity index is 2.25. The van der Waals surface area contributed by atoms with Crippen molar-refractivity contribution in [2.24, 2.45) is 0 Å². The third kappa shape index (κ3) is 1.73. The van der Waals surface area contributed by atoms with E-state index in [4.69, 9.17) is 0 Å². The summed E-state index contributed by atoms with van der Waals surface area (Å²) < 4.78 is 0. The summed E-state index contributed by atoms with van der Waals surface area (Å²) in [5.74, 6) is 0. The van der Waals surface area contributed by atoms with E-state index in [9.17, 15) is 0 Å². The first-order valence-corrected chi connectivity index (χ1v) is 4.61. The summed E-state index contributed by atoms with van der Waals surface area (Å²) in [5.41, 5.74) is 1.23. The molecule has 0 radical (unpaired) electrons. The second-order valence-electron chi connectivity index (χ2n) is 3.21. The lowest BCUT2D eigenvalue weighted by molar-refractivity contribution is 0.567. The first kappa shape index (κ1) is 8.32. The molecular weight excluding hydrogens is 160 g/mol. The molecule has 2 rings (SSSR count). The number of nitrogens with one attached hydrogen (secondary N) is 1. The molecule has 2 nitrogen and oxygen atoms in total. The first-order chi connectivity index (χ1) is 6.38. The van der Waals surface area contributed by atoms with Gasteiger partial charge >= 0.3 is 0 Å². The molecule has 1 unspecified atom stereocenters. The monoisotopic (exact) mass is 174 g/mol. The predicted octanol–water partition coefficient (Wildman–Crippen LogP) is 1.96. The second kappa shape index (κ2) is 3.62. The highest BCUT2D eigenvalue weighted by Crippen LogP contribution is 2.17. The van der Waals surface area contributed by atoms with Crippen LogP contribution in [0, 0.1) is 0 Å². The van der Waals surface area contributed by atoms with Crippen molar-refractivity contribution in [2.45, 2.75) is 13.1 Å². The lowest BCUT2D eigenvalue weighted by atomic mass is 10.2. The van der Waals surface area contributed by atoms with Crippen molar-refractivity contribution < 1.29 is 0 Å². The largest absolute Gasteiger partial charge is 0.333 e. The summed E-state index contributed by atoms with van der Waals surface area (Å²) in [6.07, 6.45) is 4.65. The van der Waals surface area contributed by atoms with Gasteiger partial charge in [-0.05, 0) is 19.1 Å². The molecule has 1 N–H and O–H groups in total. The molecule has 0 spiro atoms. The molecule has 0 saturated heterocycles. The van der Waals surface area contributed by atoms with Gasteiger partial charge in [0, 0.05) is 18.4 Å². The molecule has 0 aromatic heterocycles. The first-order valence-electron chi connectivity index (χ1n) is 4.61. The van der Waals surface area contributed by atoms with Gasteiger partial charge in [0.15, 0.2) is 0 Å². The highest BCUT2D eigenvalue weighted by Gasteiger charge is 2.12. The summed E-state index contributed by atoms with van der Waals surface area (Å²) in [6.45, 7) is 3.13. The lowest BCUT2D eigenvalue weighted by Gasteiger charge is -2.31. The third-order valence-electron chi connectivity index (χ3n) is 2.27. The summed E-state index contributed by atoms with van der Waals surface area (Å²) in [6, 6.07) is 10.4. The van der Waals surface area contributed by atoms with E-state index in [1.165, 1.54) is 5.69 Å². The molecule has 1 heterocycles. The van der Waals surface area contributed by atoms with Crippen molar-refractivity contribution in [1.82, 2.24) is 5.32 Å². The Bertz CT molecular complexity index is 292. The van der Waals surface area contributed by atoms with E-state index >= 15 is 0 Å².